The molecular weight excluding hydrogens is 307 g/mol. The second-order valence-corrected chi connectivity index (χ2v) is 5.25. The van der Waals surface area contributed by atoms with E-state index < -0.39 is 40.4 Å². The third-order valence-electron chi connectivity index (χ3n) is 2.88. The number of carbonyl (C=O) groups excluding carboxylic acids is 1. The minimum Gasteiger partial charge on any atom is -0.479 e. The van der Waals surface area contributed by atoms with Gasteiger partial charge in [0.05, 0.1) is 5.75 Å². The lowest BCUT2D eigenvalue weighted by molar-refractivity contribution is -0.148. The molecule has 0 spiro atoms. The Balaban J connectivity index is 2.95. The number of nitrogens with one attached hydrogen (secondary N) is 1. The molecule has 1 unspecified atom stereocenters. The smallest absolute Gasteiger partial charge is 0.442 e. The van der Waals surface area contributed by atoms with Crippen molar-refractivity contribution in [2.75, 3.05) is 5.75 Å². The van der Waals surface area contributed by atoms with Gasteiger partial charge in [-0.15, -0.1) is 0 Å². The average Bonchev–Trinajstić information content (AvgIpc) is 2.42. The van der Waals surface area contributed by atoms with Gasteiger partial charge in [-0.2, -0.15) is 13.2 Å². The molecule has 0 aliphatic heterocycles. The summed E-state index contributed by atoms with van der Waals surface area (Å²) in [5, 5.41) is 11.6. The number of amides is 1. The van der Waals surface area contributed by atoms with E-state index in [-0.39, 0.29) is 6.42 Å². The van der Waals surface area contributed by atoms with Crippen LogP contribution in [0.15, 0.2) is 30.3 Å². The highest BCUT2D eigenvalue weighted by atomic mass is 32.2. The molecule has 1 aromatic carbocycles. The maximum absolute atomic E-state index is 12.1. The highest BCUT2D eigenvalue weighted by Gasteiger charge is 2.40. The number of hydrogen-bond acceptors (Lipinski definition) is 3. The summed E-state index contributed by atoms with van der Waals surface area (Å²) in [6.45, 7) is 1.54. The molecule has 1 rings (SSSR count). The first-order chi connectivity index (χ1) is 9.71. The number of thioether (sulfide) groups is 1. The summed E-state index contributed by atoms with van der Waals surface area (Å²) in [5.41, 5.74) is -5.96. The van der Waals surface area contributed by atoms with E-state index in [1.165, 1.54) is 19.1 Å². The summed E-state index contributed by atoms with van der Waals surface area (Å²) in [6, 6.07) is 7.88. The van der Waals surface area contributed by atoms with E-state index in [1.807, 2.05) is 0 Å². The van der Waals surface area contributed by atoms with Crippen LogP contribution in [0.3, 0.4) is 0 Å². The summed E-state index contributed by atoms with van der Waals surface area (Å²) in [6.07, 6.45) is 0.00870. The van der Waals surface area contributed by atoms with E-state index >= 15 is 0 Å². The van der Waals surface area contributed by atoms with Crippen LogP contribution in [0.2, 0.25) is 0 Å². The fourth-order valence-electron chi connectivity index (χ4n) is 1.84. The molecule has 0 saturated heterocycles. The molecule has 0 heterocycles. The van der Waals surface area contributed by atoms with Crippen LogP contribution >= 0.6 is 11.8 Å². The van der Waals surface area contributed by atoms with Crippen molar-refractivity contribution in [3.63, 3.8) is 0 Å². The molecule has 0 aromatic heterocycles. The molecule has 0 fully saturated rings. The van der Waals surface area contributed by atoms with Crippen molar-refractivity contribution in [1.29, 1.82) is 0 Å². The maximum Gasteiger partial charge on any atom is 0.442 e. The van der Waals surface area contributed by atoms with Gasteiger partial charge in [0, 0.05) is 0 Å². The largest absolute Gasteiger partial charge is 0.479 e. The second-order valence-electron chi connectivity index (χ2n) is 4.21. The molecule has 0 saturated carbocycles. The van der Waals surface area contributed by atoms with E-state index in [1.54, 1.807) is 18.2 Å². The summed E-state index contributed by atoms with van der Waals surface area (Å²) in [5.74, 6) is -3.18. The minimum atomic E-state index is -4.54. The Hall–Kier alpha value is -1.70. The van der Waals surface area contributed by atoms with Crippen molar-refractivity contribution in [3.8, 4) is 0 Å². The average molecular weight is 321 g/mol. The Morgan fingerprint density at radius 1 is 1.24 bits per heavy atom. The Morgan fingerprint density at radius 3 is 2.24 bits per heavy atom. The van der Waals surface area contributed by atoms with Crippen LogP contribution in [-0.2, 0) is 15.1 Å². The van der Waals surface area contributed by atoms with Crippen LogP contribution in [0.1, 0.15) is 18.9 Å². The lowest BCUT2D eigenvalue weighted by Crippen LogP contribution is -2.52. The SMILES string of the molecule is CCC(NC(=O)CSC(F)(F)F)(C(=O)O)c1ccccc1. The number of benzene rings is 1. The van der Waals surface area contributed by atoms with E-state index in [4.69, 9.17) is 0 Å². The lowest BCUT2D eigenvalue weighted by Gasteiger charge is -2.30. The van der Waals surface area contributed by atoms with Gasteiger partial charge in [-0.05, 0) is 23.7 Å². The molecule has 2 N–H and O–H groups in total. The highest BCUT2D eigenvalue weighted by Crippen LogP contribution is 2.31. The van der Waals surface area contributed by atoms with Gasteiger partial charge in [0.1, 0.15) is 0 Å². The summed E-state index contributed by atoms with van der Waals surface area (Å²) < 4.78 is 36.2. The summed E-state index contributed by atoms with van der Waals surface area (Å²) in [4.78, 5) is 23.2. The number of carbonyl (C=O) groups is 2. The van der Waals surface area contributed by atoms with Gasteiger partial charge in [0.2, 0.25) is 5.91 Å². The molecule has 0 aliphatic rings. The van der Waals surface area contributed by atoms with E-state index in [0.717, 1.165) is 0 Å². The monoisotopic (exact) mass is 321 g/mol. The second kappa shape index (κ2) is 6.84. The van der Waals surface area contributed by atoms with Crippen molar-refractivity contribution in [2.45, 2.75) is 24.4 Å². The fourth-order valence-corrected chi connectivity index (χ4v) is 2.20. The van der Waals surface area contributed by atoms with E-state index in [2.05, 4.69) is 5.32 Å². The molecule has 0 radical (unpaired) electrons. The number of halogens is 3. The third kappa shape index (κ3) is 4.66. The molecule has 8 heteroatoms. The molecule has 116 valence electrons. The van der Waals surface area contributed by atoms with Gasteiger partial charge in [0.15, 0.2) is 5.54 Å². The third-order valence-corrected chi connectivity index (χ3v) is 3.62. The Bertz CT molecular complexity index is 507. The standard InChI is InChI=1S/C13H14F3NO3S/c1-2-12(11(19)20,9-6-4-3-5-7-9)17-10(18)8-21-13(14,15)16/h3-7H,2,8H2,1H3,(H,17,18)(H,19,20). The van der Waals surface area contributed by atoms with Crippen LogP contribution in [0.4, 0.5) is 13.2 Å². The Kier molecular flexibility index (Phi) is 5.65. The highest BCUT2D eigenvalue weighted by molar-refractivity contribution is 8.00. The molecule has 1 atom stereocenters. The number of rotatable bonds is 6. The number of aliphatic carboxylic acids is 1. The zero-order valence-corrected chi connectivity index (χ0v) is 11.9. The maximum atomic E-state index is 12.1. The quantitative estimate of drug-likeness (QED) is 0.845. The predicted octanol–water partition coefficient (Wildman–Crippen LogP) is 2.75. The number of alkyl halides is 3. The van der Waals surface area contributed by atoms with Gasteiger partial charge >= 0.3 is 11.5 Å². The molecule has 1 amide bonds. The van der Waals surface area contributed by atoms with Gasteiger partial charge in [-0.1, -0.05) is 37.3 Å². The van der Waals surface area contributed by atoms with Crippen molar-refractivity contribution in [1.82, 2.24) is 5.32 Å². The zero-order valence-electron chi connectivity index (χ0n) is 11.1. The van der Waals surface area contributed by atoms with Crippen LogP contribution in [0, 0.1) is 0 Å². The number of carboxylic acid groups (broad SMARTS) is 1. The van der Waals surface area contributed by atoms with E-state index in [0.29, 0.717) is 5.56 Å². The van der Waals surface area contributed by atoms with Gasteiger partial charge < -0.3 is 10.4 Å². The first-order valence-electron chi connectivity index (χ1n) is 6.02. The summed E-state index contributed by atoms with van der Waals surface area (Å²) >= 11 is -0.505. The first kappa shape index (κ1) is 17.4. The molecule has 21 heavy (non-hydrogen) atoms. The molecule has 0 aliphatic carbocycles. The van der Waals surface area contributed by atoms with Crippen molar-refractivity contribution in [3.05, 3.63) is 35.9 Å². The normalized spacial score (nSPS) is 14.3. The molecular formula is C13H14F3NO3S. The van der Waals surface area contributed by atoms with Crippen LogP contribution in [0.25, 0.3) is 0 Å². The van der Waals surface area contributed by atoms with Crippen LogP contribution in [0.5, 0.6) is 0 Å². The zero-order chi connectivity index (χ0) is 16.1. The number of hydrogen-bond donors (Lipinski definition) is 2. The lowest BCUT2D eigenvalue weighted by atomic mass is 9.87. The van der Waals surface area contributed by atoms with Crippen molar-refractivity contribution < 1.29 is 27.9 Å². The Morgan fingerprint density at radius 2 is 1.81 bits per heavy atom. The first-order valence-corrected chi connectivity index (χ1v) is 7.00. The van der Waals surface area contributed by atoms with Gasteiger partial charge in [-0.3, -0.25) is 4.79 Å². The van der Waals surface area contributed by atoms with Crippen molar-refractivity contribution >= 4 is 23.6 Å². The molecule has 1 aromatic rings. The molecule has 4 nitrogen and oxygen atoms in total. The predicted molar refractivity (Wildman–Crippen MR) is 72.7 cm³/mol. The minimum absolute atomic E-state index is 0.00870. The van der Waals surface area contributed by atoms with Gasteiger partial charge in [-0.25, -0.2) is 4.79 Å². The van der Waals surface area contributed by atoms with E-state index in [9.17, 15) is 27.9 Å². The van der Waals surface area contributed by atoms with Crippen LogP contribution < -0.4 is 5.32 Å². The van der Waals surface area contributed by atoms with Crippen molar-refractivity contribution in [2.24, 2.45) is 0 Å². The Labute approximate surface area is 123 Å². The fraction of sp³-hybridized carbons (Fsp3) is 0.385. The van der Waals surface area contributed by atoms with Gasteiger partial charge in [0.25, 0.3) is 0 Å². The van der Waals surface area contributed by atoms with Crippen LogP contribution in [-0.4, -0.2) is 28.2 Å². The topological polar surface area (TPSA) is 66.4 Å². The summed E-state index contributed by atoms with van der Waals surface area (Å²) in [7, 11) is 0. The number of carboxylic acids is 1. The molecule has 0 bridgehead atoms.